The molecule has 128 valence electrons. The van der Waals surface area contributed by atoms with Gasteiger partial charge >= 0.3 is 0 Å². The molecule has 1 atom stereocenters. The maximum absolute atomic E-state index is 12.6. The number of hydrogen-bond donors (Lipinski definition) is 1. The first-order valence-electron chi connectivity index (χ1n) is 7.47. The van der Waals surface area contributed by atoms with Gasteiger partial charge in [0.25, 0.3) is 11.6 Å². The number of aryl methyl sites for hydroxylation is 1. The van der Waals surface area contributed by atoms with Crippen LogP contribution in [0.4, 0.5) is 5.69 Å². The zero-order chi connectivity index (χ0) is 17.8. The van der Waals surface area contributed by atoms with Crippen molar-refractivity contribution < 1.29 is 9.72 Å². The first kappa shape index (κ1) is 16.8. The molecule has 3 aromatic rings. The molecule has 0 spiro atoms. The minimum absolute atomic E-state index is 0.0392. The molecule has 2 heterocycles. The van der Waals surface area contributed by atoms with E-state index in [1.807, 2.05) is 30.3 Å². The Morgan fingerprint density at radius 1 is 1.40 bits per heavy atom. The number of rotatable bonds is 6. The molecule has 3 rings (SSSR count). The molecule has 25 heavy (non-hydrogen) atoms. The molecular formula is C16H15N5O3S. The van der Waals surface area contributed by atoms with E-state index in [1.54, 1.807) is 17.9 Å². The average molecular weight is 357 g/mol. The number of nitrogens with one attached hydrogen (secondary N) is 1. The number of carbonyl (C=O) groups is 1. The second-order valence-electron chi connectivity index (χ2n) is 5.36. The molecule has 1 N–H and O–H groups in total. The van der Waals surface area contributed by atoms with E-state index in [9.17, 15) is 14.9 Å². The number of carbonyl (C=O) groups excluding carboxylic acids is 1. The van der Waals surface area contributed by atoms with Gasteiger partial charge in [-0.05, 0) is 12.5 Å². The van der Waals surface area contributed by atoms with Gasteiger partial charge in [0.15, 0.2) is 0 Å². The number of amides is 1. The molecule has 0 aliphatic carbocycles. The third-order valence-electron chi connectivity index (χ3n) is 3.66. The van der Waals surface area contributed by atoms with Crippen LogP contribution in [-0.2, 0) is 6.54 Å². The van der Waals surface area contributed by atoms with Gasteiger partial charge < -0.3 is 5.32 Å². The van der Waals surface area contributed by atoms with Crippen molar-refractivity contribution in [3.63, 3.8) is 0 Å². The molecule has 0 aliphatic rings. The average Bonchev–Trinajstić information content (AvgIpc) is 3.24. The van der Waals surface area contributed by atoms with Crippen molar-refractivity contribution in [2.75, 3.05) is 0 Å². The van der Waals surface area contributed by atoms with Crippen molar-refractivity contribution in [3.8, 4) is 0 Å². The van der Waals surface area contributed by atoms with Crippen LogP contribution < -0.4 is 5.32 Å². The normalized spacial score (nSPS) is 11.9. The van der Waals surface area contributed by atoms with Crippen molar-refractivity contribution in [2.45, 2.75) is 19.5 Å². The minimum Gasteiger partial charge on any atom is -0.343 e. The van der Waals surface area contributed by atoms with Gasteiger partial charge in [0.05, 0.1) is 27.3 Å². The molecule has 0 radical (unpaired) electrons. The van der Waals surface area contributed by atoms with Gasteiger partial charge in [-0.2, -0.15) is 5.10 Å². The molecule has 9 heteroatoms. The fraction of sp³-hybridized carbons (Fsp3) is 0.188. The lowest BCUT2D eigenvalue weighted by Crippen LogP contribution is -2.31. The Labute approximate surface area is 147 Å². The lowest BCUT2D eigenvalue weighted by Gasteiger charge is -2.18. The van der Waals surface area contributed by atoms with Gasteiger partial charge in [0.2, 0.25) is 0 Å². The molecule has 0 fully saturated rings. The smallest absolute Gasteiger partial charge is 0.283 e. The van der Waals surface area contributed by atoms with E-state index in [1.165, 1.54) is 12.4 Å². The van der Waals surface area contributed by atoms with Gasteiger partial charge in [-0.1, -0.05) is 30.3 Å². The number of nitro groups is 1. The molecule has 0 aliphatic heterocycles. The van der Waals surface area contributed by atoms with Crippen LogP contribution in [0.15, 0.2) is 49.1 Å². The Bertz CT molecular complexity index is 877. The summed E-state index contributed by atoms with van der Waals surface area (Å²) in [5, 5.41) is 18.0. The Kier molecular flexibility index (Phi) is 4.85. The highest BCUT2D eigenvalue weighted by Gasteiger charge is 2.22. The number of hydrogen-bond acceptors (Lipinski definition) is 6. The summed E-state index contributed by atoms with van der Waals surface area (Å²) in [7, 11) is 0. The molecular weight excluding hydrogens is 342 g/mol. The molecule has 0 bridgehead atoms. The van der Waals surface area contributed by atoms with E-state index in [0.29, 0.717) is 16.3 Å². The van der Waals surface area contributed by atoms with Crippen molar-refractivity contribution in [2.24, 2.45) is 0 Å². The van der Waals surface area contributed by atoms with E-state index in [2.05, 4.69) is 15.4 Å². The summed E-state index contributed by atoms with van der Waals surface area (Å²) in [5.41, 5.74) is 0.872. The quantitative estimate of drug-likeness (QED) is 0.540. The standard InChI is InChI=1S/C16H15N5O3S/c1-11-14(21(23)24)7-15(25-11)16(22)19-13(8-20-10-17-9-18-20)12-5-3-2-4-6-12/h2-7,9-10,13H,8H2,1H3,(H,19,22)/t13-/m0/s1. The van der Waals surface area contributed by atoms with Crippen LogP contribution >= 0.6 is 11.3 Å². The molecule has 0 saturated carbocycles. The second kappa shape index (κ2) is 7.22. The maximum Gasteiger partial charge on any atom is 0.283 e. The Morgan fingerprint density at radius 3 is 2.76 bits per heavy atom. The van der Waals surface area contributed by atoms with Crippen molar-refractivity contribution in [1.82, 2.24) is 20.1 Å². The number of nitrogens with zero attached hydrogens (tertiary/aromatic N) is 4. The van der Waals surface area contributed by atoms with Gasteiger partial charge in [-0.3, -0.25) is 19.6 Å². The predicted molar refractivity (Wildman–Crippen MR) is 92.4 cm³/mol. The Balaban J connectivity index is 1.83. The first-order chi connectivity index (χ1) is 12.0. The highest BCUT2D eigenvalue weighted by Crippen LogP contribution is 2.28. The molecule has 8 nitrogen and oxygen atoms in total. The fourth-order valence-electron chi connectivity index (χ4n) is 2.43. The van der Waals surface area contributed by atoms with Crippen LogP contribution in [-0.4, -0.2) is 25.6 Å². The van der Waals surface area contributed by atoms with E-state index in [4.69, 9.17) is 0 Å². The van der Waals surface area contributed by atoms with E-state index in [-0.39, 0.29) is 17.6 Å². The molecule has 0 saturated heterocycles. The van der Waals surface area contributed by atoms with Crippen LogP contribution in [0.2, 0.25) is 0 Å². The summed E-state index contributed by atoms with van der Waals surface area (Å²) in [6.45, 7) is 2.03. The summed E-state index contributed by atoms with van der Waals surface area (Å²) >= 11 is 1.11. The summed E-state index contributed by atoms with van der Waals surface area (Å²) < 4.78 is 1.63. The number of benzene rings is 1. The zero-order valence-electron chi connectivity index (χ0n) is 13.3. The van der Waals surface area contributed by atoms with Gasteiger partial charge in [-0.25, -0.2) is 4.98 Å². The SMILES string of the molecule is Cc1sc(C(=O)N[C@@H](Cn2cncn2)c2ccccc2)cc1[N+](=O)[O-]. The first-order valence-corrected chi connectivity index (χ1v) is 8.29. The number of thiophene rings is 1. The van der Waals surface area contributed by atoms with Crippen molar-refractivity contribution in [3.05, 3.63) is 74.5 Å². The van der Waals surface area contributed by atoms with Gasteiger partial charge in [0.1, 0.15) is 12.7 Å². The maximum atomic E-state index is 12.6. The summed E-state index contributed by atoms with van der Waals surface area (Å²) in [5.74, 6) is -0.352. The van der Waals surface area contributed by atoms with E-state index < -0.39 is 4.92 Å². The van der Waals surface area contributed by atoms with Gasteiger partial charge in [-0.15, -0.1) is 11.3 Å². The largest absolute Gasteiger partial charge is 0.343 e. The van der Waals surface area contributed by atoms with Crippen LogP contribution in [0.3, 0.4) is 0 Å². The highest BCUT2D eigenvalue weighted by molar-refractivity contribution is 7.14. The Morgan fingerprint density at radius 2 is 2.16 bits per heavy atom. The van der Waals surface area contributed by atoms with Crippen LogP contribution in [0.1, 0.15) is 26.2 Å². The van der Waals surface area contributed by atoms with Crippen molar-refractivity contribution >= 4 is 22.9 Å². The second-order valence-corrected chi connectivity index (χ2v) is 6.62. The fourth-order valence-corrected chi connectivity index (χ4v) is 3.32. The third-order valence-corrected chi connectivity index (χ3v) is 4.69. The van der Waals surface area contributed by atoms with Crippen LogP contribution in [0, 0.1) is 17.0 Å². The van der Waals surface area contributed by atoms with Gasteiger partial charge in [0, 0.05) is 6.07 Å². The number of aromatic nitrogens is 3. The molecule has 2 aromatic heterocycles. The Hall–Kier alpha value is -3.07. The minimum atomic E-state index is -0.479. The lowest BCUT2D eigenvalue weighted by molar-refractivity contribution is -0.385. The lowest BCUT2D eigenvalue weighted by atomic mass is 10.1. The van der Waals surface area contributed by atoms with Crippen LogP contribution in [0.25, 0.3) is 0 Å². The van der Waals surface area contributed by atoms with Crippen molar-refractivity contribution in [1.29, 1.82) is 0 Å². The van der Waals surface area contributed by atoms with E-state index >= 15 is 0 Å². The molecule has 0 unspecified atom stereocenters. The monoisotopic (exact) mass is 357 g/mol. The topological polar surface area (TPSA) is 103 Å². The third kappa shape index (κ3) is 3.89. The summed E-state index contributed by atoms with van der Waals surface area (Å²) in [6.07, 6.45) is 3.00. The predicted octanol–water partition coefficient (Wildman–Crippen LogP) is 2.73. The zero-order valence-corrected chi connectivity index (χ0v) is 14.1. The summed E-state index contributed by atoms with van der Waals surface area (Å²) in [6, 6.07) is 10.5. The summed E-state index contributed by atoms with van der Waals surface area (Å²) in [4.78, 5) is 27.8. The molecule has 1 aromatic carbocycles. The van der Waals surface area contributed by atoms with E-state index in [0.717, 1.165) is 16.9 Å². The van der Waals surface area contributed by atoms with Crippen LogP contribution in [0.5, 0.6) is 0 Å². The molecule has 1 amide bonds. The highest BCUT2D eigenvalue weighted by atomic mass is 32.1.